The van der Waals surface area contributed by atoms with Gasteiger partial charge in [0.2, 0.25) is 0 Å². The van der Waals surface area contributed by atoms with Gasteiger partial charge in [0, 0.05) is 0 Å². The van der Waals surface area contributed by atoms with Gasteiger partial charge in [-0.2, -0.15) is 0 Å². The number of aliphatic hydroxyl groups is 8. The molecule has 42 heavy (non-hydrogen) atoms. The molecule has 0 aliphatic carbocycles. The van der Waals surface area contributed by atoms with E-state index in [0.29, 0.717) is 12.8 Å². The van der Waals surface area contributed by atoms with Gasteiger partial charge in [0.25, 0.3) is 0 Å². The monoisotopic (exact) mass is 600 g/mol. The fourth-order valence-corrected chi connectivity index (χ4v) is 4.32. The summed E-state index contributed by atoms with van der Waals surface area (Å²) in [6.45, 7) is -0.535. The topological polar surface area (TPSA) is 239 Å². The first-order chi connectivity index (χ1) is 20.0. The molecule has 0 saturated carbocycles. The van der Waals surface area contributed by atoms with Crippen LogP contribution in [-0.2, 0) is 31.8 Å². The Kier molecular flexibility index (Phi) is 13.3. The largest absolute Gasteiger partial charge is 0.508 e. The van der Waals surface area contributed by atoms with Crippen LogP contribution in [0.15, 0.2) is 48.5 Å². The van der Waals surface area contributed by atoms with Crippen LogP contribution in [0, 0.1) is 0 Å². The number of ether oxygens (including phenoxy) is 4. The van der Waals surface area contributed by atoms with Gasteiger partial charge in [-0.3, -0.25) is 0 Å². The Morgan fingerprint density at radius 1 is 0.500 bits per heavy atom. The van der Waals surface area contributed by atoms with E-state index in [0.717, 1.165) is 11.1 Å². The minimum absolute atomic E-state index is 0.175. The number of phenolic OH excluding ortho intramolecular Hbond substituents is 2. The lowest BCUT2D eigenvalue weighted by molar-refractivity contribution is -0.300. The molecular formula is C28H40O14. The first kappa shape index (κ1) is 34.1. The van der Waals surface area contributed by atoms with Crippen LogP contribution in [-0.4, -0.2) is 139 Å². The van der Waals surface area contributed by atoms with Gasteiger partial charge in [-0.15, -0.1) is 0 Å². The van der Waals surface area contributed by atoms with Crippen molar-refractivity contribution in [2.24, 2.45) is 0 Å². The summed E-state index contributed by atoms with van der Waals surface area (Å²) in [4.78, 5) is 0. The zero-order valence-corrected chi connectivity index (χ0v) is 22.7. The molecule has 2 aromatic rings. The Balaban J connectivity index is 0.000000230. The predicted molar refractivity (Wildman–Crippen MR) is 143 cm³/mol. The van der Waals surface area contributed by atoms with Gasteiger partial charge in [-0.25, -0.2) is 0 Å². The first-order valence-corrected chi connectivity index (χ1v) is 13.5. The van der Waals surface area contributed by atoms with Gasteiger partial charge in [0.15, 0.2) is 12.6 Å². The molecule has 0 spiro atoms. The lowest BCUT2D eigenvalue weighted by Crippen LogP contribution is -2.59. The average Bonchev–Trinajstić information content (AvgIpc) is 2.99. The van der Waals surface area contributed by atoms with Crippen LogP contribution in [0.3, 0.4) is 0 Å². The van der Waals surface area contributed by atoms with Gasteiger partial charge < -0.3 is 70.0 Å². The molecule has 2 aliphatic rings. The Morgan fingerprint density at radius 2 is 0.833 bits per heavy atom. The summed E-state index contributed by atoms with van der Waals surface area (Å²) < 4.78 is 21.2. The van der Waals surface area contributed by atoms with E-state index >= 15 is 0 Å². The molecule has 0 bridgehead atoms. The highest BCUT2D eigenvalue weighted by Crippen LogP contribution is 2.23. The summed E-state index contributed by atoms with van der Waals surface area (Å²) >= 11 is 0. The molecule has 2 aromatic carbocycles. The van der Waals surface area contributed by atoms with Crippen LogP contribution < -0.4 is 0 Å². The maximum Gasteiger partial charge on any atom is 0.186 e. The zero-order valence-electron chi connectivity index (χ0n) is 22.7. The van der Waals surface area contributed by atoms with Crippen molar-refractivity contribution >= 4 is 0 Å². The van der Waals surface area contributed by atoms with E-state index in [1.807, 2.05) is 0 Å². The summed E-state index contributed by atoms with van der Waals surface area (Å²) in [7, 11) is 0. The molecule has 10 N–H and O–H groups in total. The van der Waals surface area contributed by atoms with Crippen LogP contribution in [0.1, 0.15) is 11.1 Å². The number of benzene rings is 2. The number of hydrogen-bond donors (Lipinski definition) is 10. The first-order valence-electron chi connectivity index (χ1n) is 13.5. The SMILES string of the molecule is OC[C@H]1O[C@@H](OCCc2ccc(O)cc2)[C@H](O)[C@@H](O)[C@@H]1O.OC[C@H]1O[C@@H](OCCc2ccc(O)cc2)[C@H](O)[C@@H](O)[C@@H]1O. The van der Waals surface area contributed by atoms with Crippen molar-refractivity contribution in [3.05, 3.63) is 59.7 Å². The fraction of sp³-hybridized carbons (Fsp3) is 0.571. The normalized spacial score (nSPS) is 33.0. The fourth-order valence-electron chi connectivity index (χ4n) is 4.32. The second kappa shape index (κ2) is 16.4. The Hall–Kier alpha value is -2.44. The second-order valence-electron chi connectivity index (χ2n) is 9.97. The molecule has 236 valence electrons. The lowest BCUT2D eigenvalue weighted by Gasteiger charge is -2.39. The maximum absolute atomic E-state index is 9.78. The van der Waals surface area contributed by atoms with Crippen molar-refractivity contribution in [1.82, 2.24) is 0 Å². The standard InChI is InChI=1S/2C14H20O7/c2*15-7-10-11(17)12(18)13(19)14(21-10)20-6-5-8-1-3-9(16)4-2-8/h2*1-4,10-19H,5-7H2/t2*10-,11-,12+,13-,14-/m11/s1. The highest BCUT2D eigenvalue weighted by molar-refractivity contribution is 5.26. The number of rotatable bonds is 10. The van der Waals surface area contributed by atoms with Gasteiger partial charge in [0.1, 0.15) is 60.3 Å². The molecule has 2 fully saturated rings. The minimum Gasteiger partial charge on any atom is -0.508 e. The number of hydrogen-bond acceptors (Lipinski definition) is 14. The van der Waals surface area contributed by atoms with Gasteiger partial charge in [-0.05, 0) is 48.2 Å². The molecule has 0 unspecified atom stereocenters. The third-order valence-electron chi connectivity index (χ3n) is 6.92. The Bertz CT molecular complexity index is 950. The molecule has 0 amide bonds. The van der Waals surface area contributed by atoms with Crippen LogP contribution >= 0.6 is 0 Å². The Morgan fingerprint density at radius 3 is 1.14 bits per heavy atom. The third kappa shape index (κ3) is 9.28. The molecule has 0 aromatic heterocycles. The van der Waals surface area contributed by atoms with Crippen molar-refractivity contribution in [2.75, 3.05) is 26.4 Å². The number of phenols is 2. The summed E-state index contributed by atoms with van der Waals surface area (Å²) in [5.41, 5.74) is 1.86. The van der Waals surface area contributed by atoms with Gasteiger partial charge >= 0.3 is 0 Å². The quantitative estimate of drug-likeness (QED) is 0.136. The molecule has 10 atom stereocenters. The lowest BCUT2D eigenvalue weighted by atomic mass is 9.99. The highest BCUT2D eigenvalue weighted by atomic mass is 16.7. The van der Waals surface area contributed by atoms with E-state index in [2.05, 4.69) is 0 Å². The smallest absolute Gasteiger partial charge is 0.186 e. The van der Waals surface area contributed by atoms with Crippen LogP contribution in [0.5, 0.6) is 11.5 Å². The summed E-state index contributed by atoms with van der Waals surface area (Å²) in [6.07, 6.45) is -11.5. The summed E-state index contributed by atoms with van der Waals surface area (Å²) in [6, 6.07) is 13.2. The van der Waals surface area contributed by atoms with Crippen molar-refractivity contribution in [2.45, 2.75) is 74.3 Å². The van der Waals surface area contributed by atoms with E-state index in [4.69, 9.17) is 29.2 Å². The van der Waals surface area contributed by atoms with E-state index in [1.165, 1.54) is 0 Å². The summed E-state index contributed by atoms with van der Waals surface area (Å²) in [5, 5.41) is 94.5. The number of aliphatic hydroxyl groups excluding tert-OH is 8. The van der Waals surface area contributed by atoms with Crippen LogP contribution in [0.4, 0.5) is 0 Å². The van der Waals surface area contributed by atoms with Gasteiger partial charge in [-0.1, -0.05) is 24.3 Å². The Labute approximate surface area is 242 Å². The van der Waals surface area contributed by atoms with Gasteiger partial charge in [0.05, 0.1) is 26.4 Å². The van der Waals surface area contributed by atoms with Crippen molar-refractivity contribution in [3.63, 3.8) is 0 Å². The highest BCUT2D eigenvalue weighted by Gasteiger charge is 2.45. The van der Waals surface area contributed by atoms with Crippen molar-refractivity contribution in [1.29, 1.82) is 0 Å². The van der Waals surface area contributed by atoms with E-state index in [1.54, 1.807) is 48.5 Å². The van der Waals surface area contributed by atoms with E-state index in [-0.39, 0.29) is 24.7 Å². The van der Waals surface area contributed by atoms with E-state index in [9.17, 15) is 40.9 Å². The molecule has 0 radical (unpaired) electrons. The zero-order chi connectivity index (χ0) is 30.8. The summed E-state index contributed by atoms with van der Waals surface area (Å²) in [5.74, 6) is 0.349. The average molecular weight is 601 g/mol. The van der Waals surface area contributed by atoms with Crippen LogP contribution in [0.25, 0.3) is 0 Å². The molecular weight excluding hydrogens is 560 g/mol. The molecule has 2 saturated heterocycles. The molecule has 4 rings (SSSR count). The number of aromatic hydroxyl groups is 2. The maximum atomic E-state index is 9.78. The predicted octanol–water partition coefficient (Wildman–Crippen LogP) is -2.50. The molecule has 14 nitrogen and oxygen atoms in total. The third-order valence-corrected chi connectivity index (χ3v) is 6.92. The minimum atomic E-state index is -1.44. The molecule has 2 heterocycles. The second-order valence-corrected chi connectivity index (χ2v) is 9.97. The van der Waals surface area contributed by atoms with Crippen LogP contribution in [0.2, 0.25) is 0 Å². The van der Waals surface area contributed by atoms with E-state index < -0.39 is 74.6 Å². The molecule has 14 heteroatoms. The molecule has 2 aliphatic heterocycles. The van der Waals surface area contributed by atoms with Crippen molar-refractivity contribution in [3.8, 4) is 11.5 Å². The van der Waals surface area contributed by atoms with Crippen molar-refractivity contribution < 1.29 is 70.0 Å².